The van der Waals surface area contributed by atoms with Gasteiger partial charge in [0.2, 0.25) is 0 Å². The summed E-state index contributed by atoms with van der Waals surface area (Å²) in [7, 11) is -3.59. The molecule has 1 atom stereocenters. The highest BCUT2D eigenvalue weighted by atomic mass is 32.2. The van der Waals surface area contributed by atoms with Gasteiger partial charge in [-0.3, -0.25) is 4.79 Å². The number of rotatable bonds is 6. The van der Waals surface area contributed by atoms with Crippen molar-refractivity contribution >= 4 is 16.2 Å². The summed E-state index contributed by atoms with van der Waals surface area (Å²) in [5.74, 6) is -1.24. The lowest BCUT2D eigenvalue weighted by Crippen LogP contribution is -2.46. The number of nitrogens with two attached hydrogens (primary N) is 1. The molecule has 82 valence electrons. The summed E-state index contributed by atoms with van der Waals surface area (Å²) in [5, 5.41) is 8.39. The number of hydrogen-bond donors (Lipinski definition) is 4. The molecule has 0 aromatic heterocycles. The van der Waals surface area contributed by atoms with Crippen LogP contribution < -0.4 is 15.2 Å². The van der Waals surface area contributed by atoms with E-state index in [4.69, 9.17) is 10.8 Å². The maximum Gasteiger partial charge on any atom is 0.321 e. The van der Waals surface area contributed by atoms with Gasteiger partial charge in [0.05, 0.1) is 0 Å². The van der Waals surface area contributed by atoms with Gasteiger partial charge in [-0.15, -0.1) is 0 Å². The fourth-order valence-electron chi connectivity index (χ4n) is 0.749. The topological polar surface area (TPSA) is 122 Å². The normalized spacial score (nSPS) is 19.2. The average molecular weight is 223 g/mol. The first-order valence-corrected chi connectivity index (χ1v) is 5.64. The molecule has 0 aliphatic heterocycles. The Bertz CT molecular complexity index is 311. The summed E-state index contributed by atoms with van der Waals surface area (Å²) in [5.41, 5.74) is 5.12. The lowest BCUT2D eigenvalue weighted by atomic mass is 10.3. The molecule has 1 fully saturated rings. The van der Waals surface area contributed by atoms with E-state index in [1.165, 1.54) is 0 Å². The van der Waals surface area contributed by atoms with Gasteiger partial charge in [-0.1, -0.05) is 0 Å². The predicted molar refractivity (Wildman–Crippen MR) is 48.7 cm³/mol. The summed E-state index contributed by atoms with van der Waals surface area (Å²) in [6.45, 7) is -0.308. The molecule has 14 heavy (non-hydrogen) atoms. The molecule has 0 bridgehead atoms. The Labute approximate surface area is 81.8 Å². The summed E-state index contributed by atoms with van der Waals surface area (Å²) < 4.78 is 26.7. The highest BCUT2D eigenvalue weighted by Crippen LogP contribution is 2.19. The van der Waals surface area contributed by atoms with Crippen LogP contribution in [0.15, 0.2) is 0 Å². The maximum atomic E-state index is 11.1. The van der Waals surface area contributed by atoms with Crippen molar-refractivity contribution in [1.29, 1.82) is 0 Å². The van der Waals surface area contributed by atoms with Crippen molar-refractivity contribution in [2.75, 3.05) is 6.54 Å². The van der Waals surface area contributed by atoms with Crippen molar-refractivity contribution in [3.05, 3.63) is 0 Å². The molecule has 0 heterocycles. The largest absolute Gasteiger partial charge is 0.480 e. The van der Waals surface area contributed by atoms with Gasteiger partial charge in [0, 0.05) is 12.6 Å². The third-order valence-corrected chi connectivity index (χ3v) is 2.90. The Hall–Kier alpha value is -0.700. The van der Waals surface area contributed by atoms with E-state index in [9.17, 15) is 13.2 Å². The standard InChI is InChI=1S/C6H13N3O4S/c7-5(6(10)11)3-8-14(12,13)9-4-1-2-4/h4-5,8-9H,1-3,7H2,(H,10,11)/t5-/m0/s1. The van der Waals surface area contributed by atoms with E-state index in [2.05, 4.69) is 9.44 Å². The van der Waals surface area contributed by atoms with Crippen LogP contribution in [-0.2, 0) is 15.0 Å². The number of aliphatic carboxylic acids is 1. The molecule has 1 aliphatic rings. The molecular formula is C6H13N3O4S. The number of hydrogen-bond acceptors (Lipinski definition) is 4. The predicted octanol–water partition coefficient (Wildman–Crippen LogP) is -2.02. The molecule has 0 saturated heterocycles. The van der Waals surface area contributed by atoms with E-state index in [1.54, 1.807) is 0 Å². The van der Waals surface area contributed by atoms with Crippen LogP contribution in [0.5, 0.6) is 0 Å². The van der Waals surface area contributed by atoms with Crippen LogP contribution >= 0.6 is 0 Å². The molecule has 0 aromatic carbocycles. The van der Waals surface area contributed by atoms with Crippen LogP contribution in [0.1, 0.15) is 12.8 Å². The van der Waals surface area contributed by atoms with Crippen molar-refractivity contribution in [2.45, 2.75) is 24.9 Å². The van der Waals surface area contributed by atoms with E-state index in [1.807, 2.05) is 0 Å². The minimum atomic E-state index is -3.59. The zero-order chi connectivity index (χ0) is 10.8. The van der Waals surface area contributed by atoms with Gasteiger partial charge in [0.1, 0.15) is 6.04 Å². The molecule has 0 amide bonds. The Morgan fingerprint density at radius 1 is 1.57 bits per heavy atom. The third-order valence-electron chi connectivity index (χ3n) is 1.71. The van der Waals surface area contributed by atoms with Crippen molar-refractivity contribution in [2.24, 2.45) is 5.73 Å². The molecule has 7 nitrogen and oxygen atoms in total. The molecule has 0 aromatic rings. The minimum absolute atomic E-state index is 0.00597. The molecule has 0 radical (unpaired) electrons. The highest BCUT2D eigenvalue weighted by molar-refractivity contribution is 7.87. The monoisotopic (exact) mass is 223 g/mol. The fraction of sp³-hybridized carbons (Fsp3) is 0.833. The second-order valence-electron chi connectivity index (χ2n) is 3.19. The molecule has 1 rings (SSSR count). The summed E-state index contributed by atoms with van der Waals surface area (Å²) in [6, 6.07) is -1.22. The van der Waals surface area contributed by atoms with Gasteiger partial charge in [0.15, 0.2) is 0 Å². The molecule has 0 spiro atoms. The lowest BCUT2D eigenvalue weighted by Gasteiger charge is -2.09. The highest BCUT2D eigenvalue weighted by Gasteiger charge is 2.27. The fourth-order valence-corrected chi connectivity index (χ4v) is 1.91. The zero-order valence-corrected chi connectivity index (χ0v) is 8.25. The zero-order valence-electron chi connectivity index (χ0n) is 7.43. The van der Waals surface area contributed by atoms with E-state index in [-0.39, 0.29) is 12.6 Å². The third kappa shape index (κ3) is 4.01. The van der Waals surface area contributed by atoms with Gasteiger partial charge < -0.3 is 10.8 Å². The van der Waals surface area contributed by atoms with Crippen molar-refractivity contribution in [3.63, 3.8) is 0 Å². The van der Waals surface area contributed by atoms with Crippen molar-refractivity contribution in [3.8, 4) is 0 Å². The Kier molecular flexibility index (Phi) is 3.43. The maximum absolute atomic E-state index is 11.1. The van der Waals surface area contributed by atoms with E-state index < -0.39 is 22.2 Å². The van der Waals surface area contributed by atoms with Gasteiger partial charge in [-0.2, -0.15) is 13.1 Å². The number of nitrogens with one attached hydrogen (secondary N) is 2. The smallest absolute Gasteiger partial charge is 0.321 e. The Balaban J connectivity index is 2.31. The van der Waals surface area contributed by atoms with Crippen LogP contribution in [0.2, 0.25) is 0 Å². The SMILES string of the molecule is N[C@@H](CNS(=O)(=O)NC1CC1)C(=O)O. The molecule has 8 heteroatoms. The van der Waals surface area contributed by atoms with Crippen LogP contribution in [0, 0.1) is 0 Å². The van der Waals surface area contributed by atoms with Gasteiger partial charge in [-0.25, -0.2) is 4.72 Å². The van der Waals surface area contributed by atoms with Crippen LogP contribution in [-0.4, -0.2) is 38.1 Å². The van der Waals surface area contributed by atoms with Gasteiger partial charge in [0.25, 0.3) is 10.2 Å². The molecule has 0 unspecified atom stereocenters. The number of carboxylic acid groups (broad SMARTS) is 1. The second-order valence-corrected chi connectivity index (χ2v) is 4.72. The first kappa shape index (κ1) is 11.4. The molecule has 1 aliphatic carbocycles. The van der Waals surface area contributed by atoms with Crippen molar-refractivity contribution < 1.29 is 18.3 Å². The van der Waals surface area contributed by atoms with Gasteiger partial charge in [-0.05, 0) is 12.8 Å². The summed E-state index contributed by atoms with van der Waals surface area (Å²) in [4.78, 5) is 10.3. The number of carboxylic acids is 1. The molecular weight excluding hydrogens is 210 g/mol. The quantitative estimate of drug-likeness (QED) is 0.414. The minimum Gasteiger partial charge on any atom is -0.480 e. The van der Waals surface area contributed by atoms with E-state index in [0.29, 0.717) is 0 Å². The first-order chi connectivity index (χ1) is 6.41. The summed E-state index contributed by atoms with van der Waals surface area (Å²) in [6.07, 6.45) is 1.65. The first-order valence-electron chi connectivity index (χ1n) is 4.16. The van der Waals surface area contributed by atoms with Crippen molar-refractivity contribution in [1.82, 2.24) is 9.44 Å². The average Bonchev–Trinajstić information content (AvgIpc) is 2.83. The molecule has 1 saturated carbocycles. The van der Waals surface area contributed by atoms with Crippen LogP contribution in [0.4, 0.5) is 0 Å². The number of carbonyl (C=O) groups is 1. The van der Waals surface area contributed by atoms with Gasteiger partial charge >= 0.3 is 5.97 Å². The second kappa shape index (κ2) is 4.22. The van der Waals surface area contributed by atoms with Crippen LogP contribution in [0.3, 0.4) is 0 Å². The van der Waals surface area contributed by atoms with E-state index in [0.717, 1.165) is 12.8 Å². The lowest BCUT2D eigenvalue weighted by molar-refractivity contribution is -0.138. The van der Waals surface area contributed by atoms with E-state index >= 15 is 0 Å². The Morgan fingerprint density at radius 3 is 2.57 bits per heavy atom. The van der Waals surface area contributed by atoms with Crippen LogP contribution in [0.25, 0.3) is 0 Å². The Morgan fingerprint density at radius 2 is 2.14 bits per heavy atom. The summed E-state index contributed by atoms with van der Waals surface area (Å²) >= 11 is 0. The molecule has 5 N–H and O–H groups in total.